The Balaban J connectivity index is 1.62. The maximum absolute atomic E-state index is 11.4. The number of nitrogens with one attached hydrogen (secondary N) is 1. The van der Waals surface area contributed by atoms with Crippen molar-refractivity contribution >= 4 is 34.8 Å². The van der Waals surface area contributed by atoms with E-state index in [9.17, 15) is 4.79 Å². The van der Waals surface area contributed by atoms with Crippen LogP contribution in [0.4, 0.5) is 17.1 Å². The standard InChI is InChI=1S/C25H26N6O2/c1-33-23(32)13-6-18-4-9-21(10-5-18)30-15-16-31(22-11-7-19(8-12-22)24(26)27)25(30)29-20-3-2-14-28-17-20/h2-5,7-12,14,17H,6,13,15-16H2,1H3,(H3,26,27). The number of amidine groups is 1. The predicted molar refractivity (Wildman–Crippen MR) is 130 cm³/mol. The number of aromatic nitrogens is 1. The van der Waals surface area contributed by atoms with Gasteiger partial charge in [-0.25, -0.2) is 4.99 Å². The van der Waals surface area contributed by atoms with Gasteiger partial charge in [-0.3, -0.25) is 15.2 Å². The van der Waals surface area contributed by atoms with Crippen LogP contribution in [0.5, 0.6) is 0 Å². The quantitative estimate of drug-likeness (QED) is 0.329. The third-order valence-electron chi connectivity index (χ3n) is 5.49. The lowest BCUT2D eigenvalue weighted by molar-refractivity contribution is -0.140. The minimum Gasteiger partial charge on any atom is -0.469 e. The number of nitrogens with zero attached hydrogens (tertiary/aromatic N) is 4. The van der Waals surface area contributed by atoms with Gasteiger partial charge in [0.25, 0.3) is 0 Å². The van der Waals surface area contributed by atoms with E-state index < -0.39 is 0 Å². The van der Waals surface area contributed by atoms with Crippen molar-refractivity contribution in [2.75, 3.05) is 30.0 Å². The fraction of sp³-hybridized carbons (Fsp3) is 0.200. The molecule has 0 unspecified atom stereocenters. The number of guanidine groups is 1. The first-order valence-electron chi connectivity index (χ1n) is 10.7. The summed E-state index contributed by atoms with van der Waals surface area (Å²) in [4.78, 5) is 24.8. The Kier molecular flexibility index (Phi) is 6.64. The fourth-order valence-electron chi connectivity index (χ4n) is 3.70. The van der Waals surface area contributed by atoms with Crippen LogP contribution in [-0.2, 0) is 16.0 Å². The van der Waals surface area contributed by atoms with Gasteiger partial charge in [0.15, 0.2) is 0 Å². The van der Waals surface area contributed by atoms with E-state index in [1.807, 2.05) is 60.7 Å². The highest BCUT2D eigenvalue weighted by atomic mass is 16.5. The molecule has 0 bridgehead atoms. The Hall–Kier alpha value is -4.20. The van der Waals surface area contributed by atoms with E-state index in [-0.39, 0.29) is 11.8 Å². The molecule has 1 fully saturated rings. The van der Waals surface area contributed by atoms with Gasteiger partial charge in [0.2, 0.25) is 5.96 Å². The Morgan fingerprint density at radius 3 is 2.24 bits per heavy atom. The number of methoxy groups -OCH3 is 1. The van der Waals surface area contributed by atoms with Gasteiger partial charge >= 0.3 is 5.97 Å². The maximum atomic E-state index is 11.4. The highest BCUT2D eigenvalue weighted by Crippen LogP contribution is 2.28. The van der Waals surface area contributed by atoms with E-state index in [1.54, 1.807) is 12.4 Å². The summed E-state index contributed by atoms with van der Waals surface area (Å²) in [6, 6.07) is 19.5. The van der Waals surface area contributed by atoms with Gasteiger partial charge in [0.05, 0.1) is 19.0 Å². The molecule has 0 saturated carbocycles. The molecule has 3 N–H and O–H groups in total. The maximum Gasteiger partial charge on any atom is 0.305 e. The molecule has 0 atom stereocenters. The molecule has 2 aromatic carbocycles. The van der Waals surface area contributed by atoms with E-state index in [2.05, 4.69) is 14.8 Å². The third kappa shape index (κ3) is 5.17. The highest BCUT2D eigenvalue weighted by Gasteiger charge is 2.29. The van der Waals surface area contributed by atoms with Crippen molar-refractivity contribution in [3.05, 3.63) is 84.2 Å². The van der Waals surface area contributed by atoms with Crippen LogP contribution in [0.3, 0.4) is 0 Å². The molecule has 1 aliphatic rings. The second-order valence-corrected chi connectivity index (χ2v) is 7.63. The largest absolute Gasteiger partial charge is 0.469 e. The van der Waals surface area contributed by atoms with Crippen LogP contribution in [0.25, 0.3) is 0 Å². The molecule has 1 aromatic heterocycles. The smallest absolute Gasteiger partial charge is 0.305 e. The lowest BCUT2D eigenvalue weighted by Gasteiger charge is -2.24. The van der Waals surface area contributed by atoms with Crippen molar-refractivity contribution in [2.45, 2.75) is 12.8 Å². The van der Waals surface area contributed by atoms with Crippen LogP contribution >= 0.6 is 0 Å². The number of carbonyl (C=O) groups is 1. The van der Waals surface area contributed by atoms with Crippen molar-refractivity contribution < 1.29 is 9.53 Å². The summed E-state index contributed by atoms with van der Waals surface area (Å²) >= 11 is 0. The number of pyridine rings is 1. The highest BCUT2D eigenvalue weighted by molar-refractivity contribution is 6.10. The van der Waals surface area contributed by atoms with Crippen molar-refractivity contribution in [1.82, 2.24) is 4.98 Å². The Bertz CT molecular complexity index is 1140. The topological polar surface area (TPSA) is 108 Å². The van der Waals surface area contributed by atoms with E-state index in [0.29, 0.717) is 18.4 Å². The minimum absolute atomic E-state index is 0.0427. The lowest BCUT2D eigenvalue weighted by atomic mass is 10.1. The average Bonchev–Trinajstić information content (AvgIpc) is 3.26. The third-order valence-corrected chi connectivity index (χ3v) is 5.49. The van der Waals surface area contributed by atoms with Crippen molar-refractivity contribution in [3.63, 3.8) is 0 Å². The van der Waals surface area contributed by atoms with Gasteiger partial charge in [-0.1, -0.05) is 12.1 Å². The molecule has 1 aliphatic heterocycles. The number of nitrogens with two attached hydrogens (primary N) is 1. The second-order valence-electron chi connectivity index (χ2n) is 7.63. The van der Waals surface area contributed by atoms with Crippen molar-refractivity contribution in [1.29, 1.82) is 5.41 Å². The lowest BCUT2D eigenvalue weighted by Crippen LogP contribution is -2.33. The Labute approximate surface area is 192 Å². The van der Waals surface area contributed by atoms with Gasteiger partial charge in [0, 0.05) is 42.6 Å². The van der Waals surface area contributed by atoms with Crippen molar-refractivity contribution in [3.8, 4) is 0 Å². The molecule has 0 amide bonds. The van der Waals surface area contributed by atoms with E-state index >= 15 is 0 Å². The zero-order valence-corrected chi connectivity index (χ0v) is 18.4. The minimum atomic E-state index is -0.212. The number of ether oxygens (including phenoxy) is 1. The van der Waals surface area contributed by atoms with Crippen LogP contribution in [0.1, 0.15) is 17.5 Å². The summed E-state index contributed by atoms with van der Waals surface area (Å²) in [6.45, 7) is 1.51. The summed E-state index contributed by atoms with van der Waals surface area (Å²) in [5.74, 6) is 0.623. The first-order valence-corrected chi connectivity index (χ1v) is 10.7. The van der Waals surface area contributed by atoms with Crippen LogP contribution in [-0.4, -0.2) is 42.9 Å². The van der Waals surface area contributed by atoms with Gasteiger partial charge in [-0.2, -0.15) is 0 Å². The van der Waals surface area contributed by atoms with Gasteiger partial charge in [-0.05, 0) is 60.5 Å². The molecule has 2 heterocycles. The number of nitrogen functional groups attached to an aromatic ring is 1. The fourth-order valence-corrected chi connectivity index (χ4v) is 3.70. The van der Waals surface area contributed by atoms with Crippen LogP contribution < -0.4 is 15.5 Å². The number of anilines is 2. The zero-order valence-electron chi connectivity index (χ0n) is 18.4. The van der Waals surface area contributed by atoms with E-state index in [1.165, 1.54) is 7.11 Å². The molecule has 0 spiro atoms. The number of esters is 1. The summed E-state index contributed by atoms with van der Waals surface area (Å²) in [7, 11) is 1.40. The molecule has 4 rings (SSSR count). The number of aryl methyl sites for hydroxylation is 1. The number of benzene rings is 2. The molecule has 168 valence electrons. The van der Waals surface area contributed by atoms with Gasteiger partial charge in [0.1, 0.15) is 5.84 Å². The number of rotatable bonds is 7. The van der Waals surface area contributed by atoms with Crippen LogP contribution in [0, 0.1) is 5.41 Å². The normalized spacial score (nSPS) is 14.5. The van der Waals surface area contributed by atoms with Crippen LogP contribution in [0.2, 0.25) is 0 Å². The van der Waals surface area contributed by atoms with Crippen LogP contribution in [0.15, 0.2) is 78.0 Å². The summed E-state index contributed by atoms with van der Waals surface area (Å²) in [5.41, 5.74) is 10.1. The molecule has 8 heteroatoms. The number of hydrogen-bond acceptors (Lipinski definition) is 5. The Morgan fingerprint density at radius 1 is 1.06 bits per heavy atom. The summed E-state index contributed by atoms with van der Waals surface area (Å²) in [5, 5.41) is 7.63. The number of aliphatic imine (C=N–C) groups is 1. The Morgan fingerprint density at radius 2 is 1.70 bits per heavy atom. The zero-order chi connectivity index (χ0) is 23.2. The second kappa shape index (κ2) is 9.95. The monoisotopic (exact) mass is 442 g/mol. The van der Waals surface area contributed by atoms with Gasteiger partial charge in [-0.15, -0.1) is 0 Å². The van der Waals surface area contributed by atoms with E-state index in [0.717, 1.165) is 41.7 Å². The van der Waals surface area contributed by atoms with E-state index in [4.69, 9.17) is 20.9 Å². The SMILES string of the molecule is COC(=O)CCc1ccc(N2CCN(c3ccc(C(=N)N)cc3)C2=Nc2cccnc2)cc1. The molecule has 3 aromatic rings. The number of carbonyl (C=O) groups excluding carboxylic acids is 1. The summed E-state index contributed by atoms with van der Waals surface area (Å²) in [6.07, 6.45) is 4.45. The molecular weight excluding hydrogens is 416 g/mol. The molecule has 8 nitrogen and oxygen atoms in total. The average molecular weight is 443 g/mol. The van der Waals surface area contributed by atoms with Crippen molar-refractivity contribution in [2.24, 2.45) is 10.7 Å². The molecule has 1 saturated heterocycles. The predicted octanol–water partition coefficient (Wildman–Crippen LogP) is 3.49. The molecular formula is C25H26N6O2. The first kappa shape index (κ1) is 22.0. The summed E-state index contributed by atoms with van der Waals surface area (Å²) < 4.78 is 4.73. The molecule has 0 aliphatic carbocycles. The molecule has 0 radical (unpaired) electrons. The first-order chi connectivity index (χ1) is 16.0. The number of hydrogen-bond donors (Lipinski definition) is 2. The molecule has 33 heavy (non-hydrogen) atoms. The van der Waals surface area contributed by atoms with Gasteiger partial charge < -0.3 is 20.3 Å².